The van der Waals surface area contributed by atoms with E-state index in [1.54, 1.807) is 62.4 Å². The Morgan fingerprint density at radius 3 is 1.09 bits per heavy atom. The first-order valence-corrected chi connectivity index (χ1v) is 9.82. The van der Waals surface area contributed by atoms with Crippen molar-refractivity contribution in [3.05, 3.63) is 118 Å². The van der Waals surface area contributed by atoms with E-state index in [4.69, 9.17) is 0 Å². The largest absolute Gasteiger partial charge is 0.504 e. The molecule has 2 aromatic carbocycles. The van der Waals surface area contributed by atoms with E-state index in [1.165, 1.54) is 24.3 Å². The van der Waals surface area contributed by atoms with Crippen LogP contribution >= 0.6 is 0 Å². The molecule has 0 unspecified atom stereocenters. The summed E-state index contributed by atoms with van der Waals surface area (Å²) in [5.41, 5.74) is 1.34. The lowest BCUT2D eigenvalue weighted by molar-refractivity contribution is 0.0932. The zero-order valence-corrected chi connectivity index (χ0v) is 17.5. The Morgan fingerprint density at radius 2 is 0.812 bits per heavy atom. The van der Waals surface area contributed by atoms with Crippen molar-refractivity contribution in [3.8, 4) is 0 Å². The minimum absolute atomic E-state index is 0.0613. The lowest BCUT2D eigenvalue weighted by Crippen LogP contribution is -2.20. The fraction of sp³-hybridized carbons (Fsp3) is 0.0769. The molecule has 32 heavy (non-hydrogen) atoms. The van der Waals surface area contributed by atoms with Crippen LogP contribution in [0.3, 0.4) is 0 Å². The number of hydrogen-bond donors (Lipinski definition) is 2. The maximum atomic E-state index is 11.9. The van der Waals surface area contributed by atoms with Crippen LogP contribution < -0.4 is 0 Å². The minimum atomic E-state index is -0.497. The lowest BCUT2D eigenvalue weighted by atomic mass is 9.88. The van der Waals surface area contributed by atoms with E-state index in [0.717, 1.165) is 0 Å². The number of Topliss-reactive ketones (excluding diaryl/α,β-unsaturated/α-hetero) is 4. The van der Waals surface area contributed by atoms with Crippen molar-refractivity contribution in [2.45, 2.75) is 13.8 Å². The second kappa shape index (κ2) is 9.22. The van der Waals surface area contributed by atoms with Gasteiger partial charge in [-0.1, -0.05) is 72.8 Å². The molecule has 0 saturated heterocycles. The lowest BCUT2D eigenvalue weighted by Gasteiger charge is -2.14. The Hall–Kier alpha value is -4.32. The first-order chi connectivity index (χ1) is 15.3. The van der Waals surface area contributed by atoms with Gasteiger partial charge in [-0.05, 0) is 13.8 Å². The number of ketones is 4. The number of carbonyl (C=O) groups is 4. The van der Waals surface area contributed by atoms with Gasteiger partial charge in [0, 0.05) is 22.3 Å². The number of carbonyl (C=O) groups excluding carboxylic acids is 4. The molecule has 0 heterocycles. The smallest absolute Gasteiger partial charge is 0.228 e. The Morgan fingerprint density at radius 1 is 0.531 bits per heavy atom. The molecule has 0 aromatic heterocycles. The summed E-state index contributed by atoms with van der Waals surface area (Å²) in [6.45, 7) is 3.44. The third kappa shape index (κ3) is 3.86. The van der Waals surface area contributed by atoms with Crippen LogP contribution in [0.5, 0.6) is 0 Å². The molecule has 4 rings (SSSR count). The van der Waals surface area contributed by atoms with Gasteiger partial charge in [-0.25, -0.2) is 0 Å². The minimum Gasteiger partial charge on any atom is -0.504 e. The first kappa shape index (κ1) is 22.4. The van der Waals surface area contributed by atoms with E-state index in [9.17, 15) is 29.4 Å². The summed E-state index contributed by atoms with van der Waals surface area (Å²) in [6, 6.07) is 13.0. The number of aliphatic hydroxyl groups is 2. The molecule has 0 amide bonds. The number of hydrogen-bond acceptors (Lipinski definition) is 6. The molecule has 0 fully saturated rings. The zero-order chi connectivity index (χ0) is 23.4. The maximum Gasteiger partial charge on any atom is 0.228 e. The highest BCUT2D eigenvalue weighted by atomic mass is 16.3. The van der Waals surface area contributed by atoms with Crippen molar-refractivity contribution in [1.29, 1.82) is 0 Å². The van der Waals surface area contributed by atoms with Gasteiger partial charge in [-0.2, -0.15) is 0 Å². The van der Waals surface area contributed by atoms with Gasteiger partial charge < -0.3 is 10.2 Å². The standard InChI is InChI=1S/2C13H10O3/c2*1-2-5-10-11(14)8-6-3-4-7-9(8)12(15)13(10)16/h2*2-7,16H,1H3. The van der Waals surface area contributed by atoms with E-state index in [2.05, 4.69) is 0 Å². The molecular weight excluding hydrogens is 408 g/mol. The highest BCUT2D eigenvalue weighted by molar-refractivity contribution is 6.27. The number of benzene rings is 2. The molecule has 0 bridgehead atoms. The Balaban J connectivity index is 0.000000181. The molecule has 2 aliphatic rings. The molecule has 0 atom stereocenters. The number of fused-ring (bicyclic) bond motifs is 2. The van der Waals surface area contributed by atoms with Crippen molar-refractivity contribution in [2.24, 2.45) is 0 Å². The van der Waals surface area contributed by atoms with Crippen LogP contribution in [0.15, 0.2) is 95.5 Å². The fourth-order valence-corrected chi connectivity index (χ4v) is 3.41. The monoisotopic (exact) mass is 428 g/mol. The van der Waals surface area contributed by atoms with Crippen LogP contribution in [-0.2, 0) is 0 Å². The quantitative estimate of drug-likeness (QED) is 0.704. The second-order valence-electron chi connectivity index (χ2n) is 6.93. The summed E-state index contributed by atoms with van der Waals surface area (Å²) in [7, 11) is 0. The summed E-state index contributed by atoms with van der Waals surface area (Å²) in [5.74, 6) is -2.56. The average Bonchev–Trinajstić information content (AvgIpc) is 2.82. The third-order valence-corrected chi connectivity index (χ3v) is 4.93. The van der Waals surface area contributed by atoms with E-state index in [0.29, 0.717) is 11.1 Å². The first-order valence-electron chi connectivity index (χ1n) is 9.82. The molecule has 2 aromatic rings. The number of rotatable bonds is 2. The maximum absolute atomic E-state index is 11.9. The van der Waals surface area contributed by atoms with Crippen molar-refractivity contribution in [1.82, 2.24) is 0 Å². The van der Waals surface area contributed by atoms with Gasteiger partial charge in [-0.15, -0.1) is 0 Å². The number of aliphatic hydroxyl groups excluding tert-OH is 2. The van der Waals surface area contributed by atoms with E-state index in [1.807, 2.05) is 0 Å². The molecule has 6 heteroatoms. The molecule has 0 radical (unpaired) electrons. The summed E-state index contributed by atoms with van der Waals surface area (Å²) in [6.07, 6.45) is 6.13. The molecule has 0 spiro atoms. The van der Waals surface area contributed by atoms with E-state index >= 15 is 0 Å². The number of allylic oxidation sites excluding steroid dienone is 8. The molecular formula is C26H20O6. The average molecular weight is 428 g/mol. The predicted molar refractivity (Wildman–Crippen MR) is 119 cm³/mol. The Kier molecular flexibility index (Phi) is 6.45. The summed E-state index contributed by atoms with van der Waals surface area (Å²) in [5, 5.41) is 19.3. The van der Waals surface area contributed by atoms with Gasteiger partial charge in [0.25, 0.3) is 0 Å². The molecule has 160 valence electrons. The van der Waals surface area contributed by atoms with Gasteiger partial charge in [0.15, 0.2) is 23.1 Å². The SMILES string of the molecule is CC=CC1=C(O)C(=O)c2ccccc2C1=O.CC=CC1=C(O)C(=O)c2ccccc2C1=O. The van der Waals surface area contributed by atoms with Crippen molar-refractivity contribution in [3.63, 3.8) is 0 Å². The van der Waals surface area contributed by atoms with Gasteiger partial charge in [0.2, 0.25) is 11.6 Å². The van der Waals surface area contributed by atoms with Crippen LogP contribution in [0.2, 0.25) is 0 Å². The molecule has 2 aliphatic carbocycles. The van der Waals surface area contributed by atoms with Crippen LogP contribution in [0, 0.1) is 0 Å². The van der Waals surface area contributed by atoms with E-state index in [-0.39, 0.29) is 33.8 Å². The van der Waals surface area contributed by atoms with Crippen molar-refractivity contribution < 1.29 is 29.4 Å². The van der Waals surface area contributed by atoms with Gasteiger partial charge >= 0.3 is 0 Å². The Labute approximate surface area is 184 Å². The fourth-order valence-electron chi connectivity index (χ4n) is 3.41. The van der Waals surface area contributed by atoms with E-state index < -0.39 is 23.1 Å². The van der Waals surface area contributed by atoms with Gasteiger partial charge in [0.1, 0.15) is 0 Å². The van der Waals surface area contributed by atoms with Crippen LogP contribution in [0.1, 0.15) is 55.3 Å². The summed E-state index contributed by atoms with van der Waals surface area (Å²) >= 11 is 0. The topological polar surface area (TPSA) is 109 Å². The second-order valence-corrected chi connectivity index (χ2v) is 6.93. The van der Waals surface area contributed by atoms with Crippen molar-refractivity contribution in [2.75, 3.05) is 0 Å². The molecule has 0 aliphatic heterocycles. The third-order valence-electron chi connectivity index (χ3n) is 4.93. The van der Waals surface area contributed by atoms with Crippen molar-refractivity contribution >= 4 is 23.1 Å². The Bertz CT molecular complexity index is 1170. The molecule has 6 nitrogen and oxygen atoms in total. The normalized spacial score (nSPS) is 15.8. The zero-order valence-electron chi connectivity index (χ0n) is 17.5. The van der Waals surface area contributed by atoms with Crippen LogP contribution in [-0.4, -0.2) is 33.3 Å². The molecule has 2 N–H and O–H groups in total. The summed E-state index contributed by atoms with van der Waals surface area (Å²) in [4.78, 5) is 47.4. The van der Waals surface area contributed by atoms with Gasteiger partial charge in [0.05, 0.1) is 11.1 Å². The highest BCUT2D eigenvalue weighted by Gasteiger charge is 2.31. The van der Waals surface area contributed by atoms with Gasteiger partial charge in [-0.3, -0.25) is 19.2 Å². The predicted octanol–water partition coefficient (Wildman–Crippen LogP) is 4.91. The highest BCUT2D eigenvalue weighted by Crippen LogP contribution is 2.26. The van der Waals surface area contributed by atoms with Crippen LogP contribution in [0.25, 0.3) is 0 Å². The van der Waals surface area contributed by atoms with Crippen LogP contribution in [0.4, 0.5) is 0 Å². The summed E-state index contributed by atoms with van der Waals surface area (Å²) < 4.78 is 0. The molecule has 0 saturated carbocycles.